The number of nitrogens with zero attached hydrogens (tertiary/aromatic N) is 2. The quantitative estimate of drug-likeness (QED) is 0.626. The Morgan fingerprint density at radius 1 is 1.62 bits per heavy atom. The second kappa shape index (κ2) is 6.73. The van der Waals surface area contributed by atoms with E-state index in [-0.39, 0.29) is 35.1 Å². The number of hydrogen-bond acceptors (Lipinski definition) is 5. The second-order valence-corrected chi connectivity index (χ2v) is 5.09. The van der Waals surface area contributed by atoms with Crippen molar-refractivity contribution < 1.29 is 19.2 Å². The van der Waals surface area contributed by atoms with Gasteiger partial charge in [-0.15, -0.1) is 0 Å². The fourth-order valence-corrected chi connectivity index (χ4v) is 2.23. The molecule has 0 aromatic heterocycles. The third-order valence-corrected chi connectivity index (χ3v) is 3.37. The Morgan fingerprint density at radius 3 is 3.00 bits per heavy atom. The molecule has 7 nitrogen and oxygen atoms in total. The molecule has 8 heteroatoms. The van der Waals surface area contributed by atoms with Gasteiger partial charge in [0, 0.05) is 25.2 Å². The first kappa shape index (κ1) is 15.5. The lowest BCUT2D eigenvalue weighted by Gasteiger charge is -2.31. The summed E-state index contributed by atoms with van der Waals surface area (Å²) in [5, 5.41) is 10.7. The summed E-state index contributed by atoms with van der Waals surface area (Å²) in [4.78, 5) is 23.7. The number of rotatable bonds is 4. The predicted octanol–water partition coefficient (Wildman–Crippen LogP) is 1.87. The standard InChI is InChI=1S/C13H15ClN2O5/c1-9-7-15(4-5-20-9)13(17)8-21-12-3-2-10(16(18)19)6-11(12)14/h2-3,6,9H,4-5,7-8H2,1H3. The third kappa shape index (κ3) is 4.05. The molecule has 1 atom stereocenters. The van der Waals surface area contributed by atoms with Crippen LogP contribution < -0.4 is 4.74 Å². The summed E-state index contributed by atoms with van der Waals surface area (Å²) in [5.41, 5.74) is -0.124. The summed E-state index contributed by atoms with van der Waals surface area (Å²) in [6, 6.07) is 3.86. The van der Waals surface area contributed by atoms with E-state index >= 15 is 0 Å². The fourth-order valence-electron chi connectivity index (χ4n) is 2.00. The first-order chi connectivity index (χ1) is 9.97. The zero-order valence-corrected chi connectivity index (χ0v) is 12.2. The summed E-state index contributed by atoms with van der Waals surface area (Å²) in [5.74, 6) is 0.0801. The minimum Gasteiger partial charge on any atom is -0.482 e. The van der Waals surface area contributed by atoms with Crippen LogP contribution in [0.2, 0.25) is 5.02 Å². The van der Waals surface area contributed by atoms with Crippen molar-refractivity contribution in [2.45, 2.75) is 13.0 Å². The van der Waals surface area contributed by atoms with Crippen LogP contribution in [0, 0.1) is 10.1 Å². The number of benzene rings is 1. The number of carbonyl (C=O) groups is 1. The van der Waals surface area contributed by atoms with Gasteiger partial charge in [-0.05, 0) is 13.0 Å². The molecular weight excluding hydrogens is 300 g/mol. The van der Waals surface area contributed by atoms with E-state index in [0.717, 1.165) is 0 Å². The van der Waals surface area contributed by atoms with Gasteiger partial charge in [-0.2, -0.15) is 0 Å². The minimum absolute atomic E-state index is 0.00524. The third-order valence-electron chi connectivity index (χ3n) is 3.07. The van der Waals surface area contributed by atoms with Crippen LogP contribution >= 0.6 is 11.6 Å². The van der Waals surface area contributed by atoms with Gasteiger partial charge in [-0.1, -0.05) is 11.6 Å². The van der Waals surface area contributed by atoms with Gasteiger partial charge in [0.05, 0.1) is 22.7 Å². The highest BCUT2D eigenvalue weighted by Crippen LogP contribution is 2.28. The van der Waals surface area contributed by atoms with Crippen molar-refractivity contribution in [1.82, 2.24) is 4.90 Å². The molecule has 1 unspecified atom stereocenters. The van der Waals surface area contributed by atoms with Gasteiger partial charge in [-0.25, -0.2) is 0 Å². The molecular formula is C13H15ClN2O5. The molecule has 0 saturated carbocycles. The number of hydrogen-bond donors (Lipinski definition) is 0. The first-order valence-corrected chi connectivity index (χ1v) is 6.81. The molecule has 1 heterocycles. The number of amides is 1. The topological polar surface area (TPSA) is 81.9 Å². The van der Waals surface area contributed by atoms with E-state index < -0.39 is 4.92 Å². The molecule has 1 amide bonds. The zero-order chi connectivity index (χ0) is 15.4. The predicted molar refractivity (Wildman–Crippen MR) is 75.6 cm³/mol. The Bertz CT molecular complexity index is 551. The maximum absolute atomic E-state index is 12.0. The molecule has 1 aromatic rings. The molecule has 1 aliphatic rings. The van der Waals surface area contributed by atoms with Gasteiger partial charge in [0.15, 0.2) is 6.61 Å². The molecule has 0 aliphatic carbocycles. The maximum atomic E-state index is 12.0. The molecule has 1 aliphatic heterocycles. The SMILES string of the molecule is CC1CN(C(=O)COc2ccc([N+](=O)[O-])cc2Cl)CCO1. The van der Waals surface area contributed by atoms with Crippen molar-refractivity contribution in [3.8, 4) is 5.75 Å². The van der Waals surface area contributed by atoms with Crippen molar-refractivity contribution in [3.63, 3.8) is 0 Å². The zero-order valence-electron chi connectivity index (χ0n) is 11.5. The normalized spacial score (nSPS) is 18.4. The van der Waals surface area contributed by atoms with E-state index in [1.54, 1.807) is 4.90 Å². The van der Waals surface area contributed by atoms with Crippen LogP contribution in [0.4, 0.5) is 5.69 Å². The maximum Gasteiger partial charge on any atom is 0.271 e. The molecule has 0 radical (unpaired) electrons. The Morgan fingerprint density at radius 2 is 2.38 bits per heavy atom. The number of halogens is 1. The lowest BCUT2D eigenvalue weighted by atomic mass is 10.3. The number of nitro benzene ring substituents is 1. The minimum atomic E-state index is -0.546. The number of nitro groups is 1. The van der Waals surface area contributed by atoms with Gasteiger partial charge in [0.2, 0.25) is 0 Å². The van der Waals surface area contributed by atoms with E-state index in [1.165, 1.54) is 18.2 Å². The number of non-ortho nitro benzene ring substituents is 1. The molecule has 0 N–H and O–H groups in total. The van der Waals surface area contributed by atoms with Gasteiger partial charge in [0.1, 0.15) is 5.75 Å². The van der Waals surface area contributed by atoms with Crippen LogP contribution in [-0.2, 0) is 9.53 Å². The van der Waals surface area contributed by atoms with Crippen molar-refractivity contribution in [2.24, 2.45) is 0 Å². The number of carbonyl (C=O) groups excluding carboxylic acids is 1. The van der Waals surface area contributed by atoms with Crippen molar-refractivity contribution in [1.29, 1.82) is 0 Å². The molecule has 1 aromatic carbocycles. The largest absolute Gasteiger partial charge is 0.482 e. The average Bonchev–Trinajstić information content (AvgIpc) is 2.45. The van der Waals surface area contributed by atoms with E-state index in [2.05, 4.69) is 0 Å². The monoisotopic (exact) mass is 314 g/mol. The van der Waals surface area contributed by atoms with Gasteiger partial charge < -0.3 is 14.4 Å². The van der Waals surface area contributed by atoms with Crippen molar-refractivity contribution >= 4 is 23.2 Å². The second-order valence-electron chi connectivity index (χ2n) is 4.68. The van der Waals surface area contributed by atoms with Crippen LogP contribution in [0.3, 0.4) is 0 Å². The van der Waals surface area contributed by atoms with Crippen LogP contribution in [0.15, 0.2) is 18.2 Å². The van der Waals surface area contributed by atoms with Gasteiger partial charge in [-0.3, -0.25) is 14.9 Å². The lowest BCUT2D eigenvalue weighted by molar-refractivity contribution is -0.384. The van der Waals surface area contributed by atoms with Crippen LogP contribution in [0.1, 0.15) is 6.92 Å². The molecule has 2 rings (SSSR count). The van der Waals surface area contributed by atoms with Gasteiger partial charge in [0.25, 0.3) is 11.6 Å². The van der Waals surface area contributed by atoms with Crippen LogP contribution in [0.25, 0.3) is 0 Å². The Balaban J connectivity index is 1.93. The number of ether oxygens (including phenoxy) is 2. The molecule has 0 bridgehead atoms. The van der Waals surface area contributed by atoms with E-state index in [4.69, 9.17) is 21.1 Å². The van der Waals surface area contributed by atoms with E-state index in [1.807, 2.05) is 6.92 Å². The van der Waals surface area contributed by atoms with E-state index in [9.17, 15) is 14.9 Å². The lowest BCUT2D eigenvalue weighted by Crippen LogP contribution is -2.46. The summed E-state index contributed by atoms with van der Waals surface area (Å²) in [6.07, 6.45) is 0.00524. The van der Waals surface area contributed by atoms with Crippen LogP contribution in [0.5, 0.6) is 5.75 Å². The average molecular weight is 315 g/mol. The van der Waals surface area contributed by atoms with Crippen molar-refractivity contribution in [3.05, 3.63) is 33.3 Å². The van der Waals surface area contributed by atoms with Crippen molar-refractivity contribution in [2.75, 3.05) is 26.3 Å². The molecule has 1 fully saturated rings. The number of morpholine rings is 1. The fraction of sp³-hybridized carbons (Fsp3) is 0.462. The highest BCUT2D eigenvalue weighted by atomic mass is 35.5. The highest BCUT2D eigenvalue weighted by molar-refractivity contribution is 6.32. The van der Waals surface area contributed by atoms with E-state index in [0.29, 0.717) is 19.7 Å². The Labute approximate surface area is 126 Å². The smallest absolute Gasteiger partial charge is 0.271 e. The summed E-state index contributed by atoms with van der Waals surface area (Å²) < 4.78 is 10.7. The summed E-state index contributed by atoms with van der Waals surface area (Å²) >= 11 is 5.89. The summed E-state index contributed by atoms with van der Waals surface area (Å²) in [7, 11) is 0. The Kier molecular flexibility index (Phi) is 4.98. The highest BCUT2D eigenvalue weighted by Gasteiger charge is 2.22. The molecule has 114 valence electrons. The van der Waals surface area contributed by atoms with Crippen LogP contribution in [-0.4, -0.2) is 48.1 Å². The first-order valence-electron chi connectivity index (χ1n) is 6.43. The summed E-state index contributed by atoms with van der Waals surface area (Å²) in [6.45, 7) is 3.29. The molecule has 0 spiro atoms. The van der Waals surface area contributed by atoms with Gasteiger partial charge >= 0.3 is 0 Å². The Hall–Kier alpha value is -1.86. The molecule has 1 saturated heterocycles. The molecule has 21 heavy (non-hydrogen) atoms.